The standard InChI is InChI=1S/C16H32N2/c1-14(2)16-8-7-9-17(13-16)12-15(3)18-10-5-4-6-11-18/h14-16H,4-13H2,1-3H3. The van der Waals surface area contributed by atoms with Crippen molar-refractivity contribution in [2.24, 2.45) is 11.8 Å². The van der Waals surface area contributed by atoms with Crippen LogP contribution in [0.4, 0.5) is 0 Å². The van der Waals surface area contributed by atoms with Gasteiger partial charge >= 0.3 is 0 Å². The van der Waals surface area contributed by atoms with E-state index in [2.05, 4.69) is 30.6 Å². The second-order valence-electron chi connectivity index (χ2n) is 6.85. The minimum absolute atomic E-state index is 0.760. The molecule has 2 rings (SSSR count). The minimum Gasteiger partial charge on any atom is -0.302 e. The second kappa shape index (κ2) is 6.91. The fraction of sp³-hybridized carbons (Fsp3) is 1.00. The van der Waals surface area contributed by atoms with Gasteiger partial charge in [0.25, 0.3) is 0 Å². The summed E-state index contributed by atoms with van der Waals surface area (Å²) in [4.78, 5) is 5.44. The fourth-order valence-corrected chi connectivity index (χ4v) is 3.65. The smallest absolute Gasteiger partial charge is 0.0194 e. The Morgan fingerprint density at radius 3 is 2.33 bits per heavy atom. The van der Waals surface area contributed by atoms with Crippen LogP contribution in [0.5, 0.6) is 0 Å². The lowest BCUT2D eigenvalue weighted by Crippen LogP contribution is -2.47. The van der Waals surface area contributed by atoms with Gasteiger partial charge in [-0.05, 0) is 64.1 Å². The van der Waals surface area contributed by atoms with Gasteiger partial charge in [0.1, 0.15) is 0 Å². The monoisotopic (exact) mass is 252 g/mol. The maximum absolute atomic E-state index is 2.73. The number of likely N-dealkylation sites (tertiary alicyclic amines) is 2. The van der Waals surface area contributed by atoms with Crippen LogP contribution in [0.3, 0.4) is 0 Å². The van der Waals surface area contributed by atoms with Gasteiger partial charge in [-0.25, -0.2) is 0 Å². The van der Waals surface area contributed by atoms with Gasteiger partial charge < -0.3 is 4.90 Å². The molecule has 0 radical (unpaired) electrons. The first-order valence-electron chi connectivity index (χ1n) is 8.13. The number of rotatable bonds is 4. The average molecular weight is 252 g/mol. The molecule has 0 saturated carbocycles. The Morgan fingerprint density at radius 1 is 0.944 bits per heavy atom. The Kier molecular flexibility index (Phi) is 5.50. The Balaban J connectivity index is 1.77. The first-order valence-corrected chi connectivity index (χ1v) is 8.13. The van der Waals surface area contributed by atoms with E-state index < -0.39 is 0 Å². The van der Waals surface area contributed by atoms with Crippen molar-refractivity contribution in [3.05, 3.63) is 0 Å². The van der Waals surface area contributed by atoms with Crippen LogP contribution >= 0.6 is 0 Å². The van der Waals surface area contributed by atoms with Crippen molar-refractivity contribution >= 4 is 0 Å². The van der Waals surface area contributed by atoms with E-state index in [4.69, 9.17) is 0 Å². The molecule has 0 aromatic carbocycles. The summed E-state index contributed by atoms with van der Waals surface area (Å²) in [7, 11) is 0. The van der Waals surface area contributed by atoms with E-state index in [9.17, 15) is 0 Å². The molecule has 0 aromatic rings. The summed E-state index contributed by atoms with van der Waals surface area (Å²) < 4.78 is 0. The van der Waals surface area contributed by atoms with E-state index in [0.29, 0.717) is 0 Å². The molecule has 0 aromatic heterocycles. The highest BCUT2D eigenvalue weighted by Gasteiger charge is 2.25. The van der Waals surface area contributed by atoms with Crippen molar-refractivity contribution in [3.63, 3.8) is 0 Å². The van der Waals surface area contributed by atoms with Crippen molar-refractivity contribution < 1.29 is 0 Å². The van der Waals surface area contributed by atoms with Gasteiger partial charge in [0.15, 0.2) is 0 Å². The quantitative estimate of drug-likeness (QED) is 0.758. The van der Waals surface area contributed by atoms with E-state index in [-0.39, 0.29) is 0 Å². The molecule has 0 aliphatic carbocycles. The molecule has 2 aliphatic rings. The number of piperidine rings is 2. The third kappa shape index (κ3) is 3.96. The maximum Gasteiger partial charge on any atom is 0.0194 e. The minimum atomic E-state index is 0.760. The largest absolute Gasteiger partial charge is 0.302 e. The molecule has 2 fully saturated rings. The van der Waals surface area contributed by atoms with Crippen molar-refractivity contribution in [2.75, 3.05) is 32.7 Å². The lowest BCUT2D eigenvalue weighted by molar-refractivity contribution is 0.0899. The van der Waals surface area contributed by atoms with Gasteiger partial charge in [-0.1, -0.05) is 20.3 Å². The van der Waals surface area contributed by atoms with E-state index in [1.807, 2.05) is 0 Å². The average Bonchev–Trinajstić information content (AvgIpc) is 2.40. The molecule has 0 bridgehead atoms. The van der Waals surface area contributed by atoms with Gasteiger partial charge in [0, 0.05) is 19.1 Å². The van der Waals surface area contributed by atoms with Crippen LogP contribution in [0.2, 0.25) is 0 Å². The topological polar surface area (TPSA) is 6.48 Å². The summed E-state index contributed by atoms with van der Waals surface area (Å²) in [5.74, 6) is 1.80. The predicted octanol–water partition coefficient (Wildman–Crippen LogP) is 3.23. The summed E-state index contributed by atoms with van der Waals surface area (Å²) in [6.45, 7) is 13.9. The van der Waals surface area contributed by atoms with Crippen LogP contribution in [0.25, 0.3) is 0 Å². The summed E-state index contributed by atoms with van der Waals surface area (Å²) in [6, 6.07) is 0.760. The molecule has 0 amide bonds. The van der Waals surface area contributed by atoms with E-state index in [1.165, 1.54) is 64.8 Å². The van der Waals surface area contributed by atoms with E-state index in [0.717, 1.165) is 17.9 Å². The van der Waals surface area contributed by atoms with Crippen LogP contribution in [-0.2, 0) is 0 Å². The van der Waals surface area contributed by atoms with E-state index in [1.54, 1.807) is 0 Å². The molecule has 2 heterocycles. The lowest BCUT2D eigenvalue weighted by atomic mass is 9.88. The van der Waals surface area contributed by atoms with Crippen LogP contribution in [-0.4, -0.2) is 48.6 Å². The number of hydrogen-bond donors (Lipinski definition) is 0. The Labute approximate surface area is 114 Å². The van der Waals surface area contributed by atoms with Gasteiger partial charge in [0.05, 0.1) is 0 Å². The van der Waals surface area contributed by atoms with Gasteiger partial charge in [-0.3, -0.25) is 4.90 Å². The molecule has 106 valence electrons. The fourth-order valence-electron chi connectivity index (χ4n) is 3.65. The first-order chi connectivity index (χ1) is 8.66. The summed E-state index contributed by atoms with van der Waals surface area (Å²) in [6.07, 6.45) is 7.14. The molecule has 2 atom stereocenters. The van der Waals surface area contributed by atoms with Crippen molar-refractivity contribution in [1.29, 1.82) is 0 Å². The van der Waals surface area contributed by atoms with Gasteiger partial charge in [0.2, 0.25) is 0 Å². The number of hydrogen-bond acceptors (Lipinski definition) is 2. The highest BCUT2D eigenvalue weighted by Crippen LogP contribution is 2.24. The van der Waals surface area contributed by atoms with Crippen LogP contribution in [0, 0.1) is 11.8 Å². The summed E-state index contributed by atoms with van der Waals surface area (Å²) >= 11 is 0. The molecule has 2 heteroatoms. The van der Waals surface area contributed by atoms with Gasteiger partial charge in [-0.2, -0.15) is 0 Å². The molecular formula is C16H32N2. The summed E-state index contributed by atoms with van der Waals surface area (Å²) in [5.41, 5.74) is 0. The Bertz CT molecular complexity index is 233. The van der Waals surface area contributed by atoms with Gasteiger partial charge in [-0.15, -0.1) is 0 Å². The zero-order valence-corrected chi connectivity index (χ0v) is 12.7. The molecular weight excluding hydrogens is 220 g/mol. The summed E-state index contributed by atoms with van der Waals surface area (Å²) in [5, 5.41) is 0. The van der Waals surface area contributed by atoms with E-state index >= 15 is 0 Å². The van der Waals surface area contributed by atoms with Crippen molar-refractivity contribution in [3.8, 4) is 0 Å². The molecule has 0 N–H and O–H groups in total. The first kappa shape index (κ1) is 14.3. The molecule has 2 unspecified atom stereocenters. The Hall–Kier alpha value is -0.0800. The molecule has 2 nitrogen and oxygen atoms in total. The third-order valence-corrected chi connectivity index (χ3v) is 5.02. The zero-order chi connectivity index (χ0) is 13.0. The highest BCUT2D eigenvalue weighted by atomic mass is 15.2. The lowest BCUT2D eigenvalue weighted by Gasteiger charge is -2.39. The second-order valence-corrected chi connectivity index (χ2v) is 6.85. The van der Waals surface area contributed by atoms with Crippen LogP contribution in [0.15, 0.2) is 0 Å². The Morgan fingerprint density at radius 2 is 1.67 bits per heavy atom. The van der Waals surface area contributed by atoms with Crippen molar-refractivity contribution in [2.45, 2.75) is 58.9 Å². The number of nitrogens with zero attached hydrogens (tertiary/aromatic N) is 2. The molecule has 0 spiro atoms. The van der Waals surface area contributed by atoms with Crippen molar-refractivity contribution in [1.82, 2.24) is 9.80 Å². The molecule has 2 saturated heterocycles. The zero-order valence-electron chi connectivity index (χ0n) is 12.7. The highest BCUT2D eigenvalue weighted by molar-refractivity contribution is 4.80. The maximum atomic E-state index is 2.73. The van der Waals surface area contributed by atoms with Crippen LogP contribution < -0.4 is 0 Å². The predicted molar refractivity (Wildman–Crippen MR) is 78.9 cm³/mol. The molecule has 18 heavy (non-hydrogen) atoms. The molecule has 2 aliphatic heterocycles. The third-order valence-electron chi connectivity index (χ3n) is 5.02. The van der Waals surface area contributed by atoms with Crippen LogP contribution in [0.1, 0.15) is 52.9 Å². The normalized spacial score (nSPS) is 29.7. The SMILES string of the molecule is CC(C)C1CCCN(CC(C)N2CCCCC2)C1.